The molecule has 0 saturated heterocycles. The Balaban J connectivity index is 1.05. The molecule has 15 nitrogen and oxygen atoms in total. The van der Waals surface area contributed by atoms with E-state index < -0.39 is 60.3 Å². The van der Waals surface area contributed by atoms with Gasteiger partial charge in [-0.1, -0.05) is 54.1 Å². The van der Waals surface area contributed by atoms with Crippen LogP contribution in [0.5, 0.6) is 6.01 Å². The van der Waals surface area contributed by atoms with Gasteiger partial charge in [0, 0.05) is 34.2 Å². The summed E-state index contributed by atoms with van der Waals surface area (Å²) in [5, 5.41) is 23.9. The molecular formula is C39H33ClF3N9O6. The highest BCUT2D eigenvalue weighted by Gasteiger charge is 2.45. The Labute approximate surface area is 333 Å². The van der Waals surface area contributed by atoms with Gasteiger partial charge in [-0.2, -0.15) is 28.1 Å². The van der Waals surface area contributed by atoms with Gasteiger partial charge in [0.2, 0.25) is 11.9 Å². The first-order chi connectivity index (χ1) is 27.7. The highest BCUT2D eigenvalue weighted by molar-refractivity contribution is 6.42. The number of nitrogens with one attached hydrogen (secondary N) is 5. The SMILES string of the molecule is O=C(NC/C(=N/C(=O)c1ccc(Nc2nc(NC3(c4ccc(Cl)cc4)CC3)nc(OCC(F)(F)F)n2)cc1)C(=O)O)C(=O)Nc1ccc(NCc2ccccc2)cc1. The van der Waals surface area contributed by atoms with Crippen LogP contribution in [0.1, 0.15) is 34.3 Å². The van der Waals surface area contributed by atoms with Gasteiger partial charge >= 0.3 is 30.0 Å². The maximum absolute atomic E-state index is 13.0. The number of alkyl halides is 3. The highest BCUT2D eigenvalue weighted by Crippen LogP contribution is 2.48. The van der Waals surface area contributed by atoms with Crippen LogP contribution >= 0.6 is 11.6 Å². The van der Waals surface area contributed by atoms with E-state index in [1.807, 2.05) is 42.5 Å². The van der Waals surface area contributed by atoms with Gasteiger partial charge in [-0.25, -0.2) is 9.79 Å². The molecule has 1 fully saturated rings. The van der Waals surface area contributed by atoms with Crippen molar-refractivity contribution in [1.82, 2.24) is 20.3 Å². The molecule has 298 valence electrons. The van der Waals surface area contributed by atoms with E-state index in [0.29, 0.717) is 30.1 Å². The zero-order valence-electron chi connectivity index (χ0n) is 30.1. The van der Waals surface area contributed by atoms with Crippen molar-refractivity contribution in [2.24, 2.45) is 4.99 Å². The first kappa shape index (κ1) is 40.6. The van der Waals surface area contributed by atoms with E-state index in [4.69, 9.17) is 16.3 Å². The summed E-state index contributed by atoms with van der Waals surface area (Å²) in [5.41, 5.74) is 1.94. The van der Waals surface area contributed by atoms with Crippen LogP contribution in [0.4, 0.5) is 42.1 Å². The second-order valence-electron chi connectivity index (χ2n) is 12.8. The van der Waals surface area contributed by atoms with E-state index >= 15 is 0 Å². The van der Waals surface area contributed by atoms with Crippen molar-refractivity contribution in [3.8, 4) is 6.01 Å². The fourth-order valence-corrected chi connectivity index (χ4v) is 5.48. The molecule has 6 N–H and O–H groups in total. The number of ether oxygens (including phenoxy) is 1. The Morgan fingerprint density at radius 2 is 1.43 bits per heavy atom. The van der Waals surface area contributed by atoms with Gasteiger partial charge in [0.1, 0.15) is 5.71 Å². The minimum absolute atomic E-state index is 0.0547. The Kier molecular flexibility index (Phi) is 12.5. The van der Waals surface area contributed by atoms with Crippen molar-refractivity contribution >= 4 is 70.0 Å². The molecule has 58 heavy (non-hydrogen) atoms. The average molecular weight is 816 g/mol. The van der Waals surface area contributed by atoms with E-state index in [9.17, 15) is 37.5 Å². The molecule has 19 heteroatoms. The number of carboxylic acids is 1. The Bertz CT molecular complexity index is 2310. The molecule has 0 spiro atoms. The summed E-state index contributed by atoms with van der Waals surface area (Å²) in [7, 11) is 0. The lowest BCUT2D eigenvalue weighted by atomic mass is 10.1. The van der Waals surface area contributed by atoms with Crippen LogP contribution in [-0.4, -0.2) is 68.8 Å². The molecule has 6 rings (SSSR count). The fraction of sp³-hybridized carbons (Fsp3) is 0.179. The molecule has 0 bridgehead atoms. The number of rotatable bonds is 15. The van der Waals surface area contributed by atoms with Gasteiger partial charge in [0.15, 0.2) is 6.61 Å². The number of carbonyl (C=O) groups excluding carboxylic acids is 3. The molecule has 0 radical (unpaired) electrons. The molecule has 1 heterocycles. The molecule has 0 unspecified atom stereocenters. The lowest BCUT2D eigenvalue weighted by Crippen LogP contribution is -2.40. The third kappa shape index (κ3) is 11.5. The second kappa shape index (κ2) is 17.8. The third-order valence-electron chi connectivity index (χ3n) is 8.45. The van der Waals surface area contributed by atoms with Gasteiger partial charge < -0.3 is 36.4 Å². The number of amides is 3. The maximum atomic E-state index is 13.0. The van der Waals surface area contributed by atoms with Crippen LogP contribution in [0.25, 0.3) is 0 Å². The number of aromatic nitrogens is 3. The predicted molar refractivity (Wildman–Crippen MR) is 208 cm³/mol. The molecular weight excluding hydrogens is 783 g/mol. The van der Waals surface area contributed by atoms with Gasteiger partial charge in [0.05, 0.1) is 12.1 Å². The summed E-state index contributed by atoms with van der Waals surface area (Å²) < 4.78 is 43.7. The van der Waals surface area contributed by atoms with Crippen LogP contribution in [0, 0.1) is 0 Å². The van der Waals surface area contributed by atoms with Crippen molar-refractivity contribution in [1.29, 1.82) is 0 Å². The smallest absolute Gasteiger partial charge is 0.422 e. The van der Waals surface area contributed by atoms with Gasteiger partial charge in [-0.3, -0.25) is 14.4 Å². The summed E-state index contributed by atoms with van der Waals surface area (Å²) in [6.45, 7) is -1.81. The Morgan fingerprint density at radius 3 is 2.07 bits per heavy atom. The number of carboxylic acid groups (broad SMARTS) is 1. The van der Waals surface area contributed by atoms with E-state index in [0.717, 1.165) is 16.8 Å². The molecule has 1 aliphatic rings. The van der Waals surface area contributed by atoms with Gasteiger partial charge in [-0.05, 0) is 84.6 Å². The number of anilines is 5. The summed E-state index contributed by atoms with van der Waals surface area (Å²) >= 11 is 6.02. The standard InChI is InChI=1S/C39H33ClF3N9O6/c40-26-10-8-25(9-11-26)38(18-19-38)52-36-49-35(50-37(51-36)58-22-39(41,42)43)47-29-12-6-24(7-13-29)31(53)48-30(34(56)57)21-45-32(54)33(55)46-28-16-14-27(15-17-28)44-20-23-4-2-1-3-5-23/h1-17,44H,18-22H2,(H,45,54)(H,46,55)(H,56,57)(H2,47,49,50,51,52)/b48-30-. The second-order valence-corrected chi connectivity index (χ2v) is 13.2. The summed E-state index contributed by atoms with van der Waals surface area (Å²) in [6, 6.07) is 28.1. The van der Waals surface area contributed by atoms with Crippen LogP contribution in [-0.2, 0) is 26.5 Å². The highest BCUT2D eigenvalue weighted by atomic mass is 35.5. The number of benzene rings is 4. The number of hydrogen-bond donors (Lipinski definition) is 6. The quantitative estimate of drug-likeness (QED) is 0.0505. The number of aliphatic carboxylic acids is 1. The van der Waals surface area contributed by atoms with Crippen molar-refractivity contribution < 1.29 is 42.2 Å². The molecule has 4 aromatic carbocycles. The minimum atomic E-state index is -4.66. The van der Waals surface area contributed by atoms with Gasteiger partial charge in [-0.15, -0.1) is 0 Å². The molecule has 0 aliphatic heterocycles. The number of nitrogens with zero attached hydrogens (tertiary/aromatic N) is 4. The van der Waals surface area contributed by atoms with Gasteiger partial charge in [0.25, 0.3) is 5.91 Å². The lowest BCUT2D eigenvalue weighted by molar-refractivity contribution is -0.154. The minimum Gasteiger partial charge on any atom is -0.477 e. The number of aliphatic imine (C=N–C) groups is 1. The Morgan fingerprint density at radius 1 is 0.793 bits per heavy atom. The molecule has 5 aromatic rings. The van der Waals surface area contributed by atoms with E-state index in [-0.39, 0.29) is 23.1 Å². The average Bonchev–Trinajstić information content (AvgIpc) is 3.98. The first-order valence-corrected chi connectivity index (χ1v) is 17.8. The zero-order chi connectivity index (χ0) is 41.3. The van der Waals surface area contributed by atoms with Crippen LogP contribution in [0.2, 0.25) is 5.02 Å². The summed E-state index contributed by atoms with van der Waals surface area (Å²) in [4.78, 5) is 65.5. The lowest BCUT2D eigenvalue weighted by Gasteiger charge is -2.19. The summed E-state index contributed by atoms with van der Waals surface area (Å²) in [6.07, 6.45) is -3.28. The molecule has 3 amide bonds. The monoisotopic (exact) mass is 815 g/mol. The van der Waals surface area contributed by atoms with Crippen molar-refractivity contribution in [2.75, 3.05) is 34.4 Å². The van der Waals surface area contributed by atoms with Crippen LogP contribution in [0.15, 0.2) is 108 Å². The van der Waals surface area contributed by atoms with Crippen LogP contribution < -0.4 is 31.3 Å². The van der Waals surface area contributed by atoms with Crippen LogP contribution in [0.3, 0.4) is 0 Å². The maximum Gasteiger partial charge on any atom is 0.422 e. The predicted octanol–water partition coefficient (Wildman–Crippen LogP) is 6.34. The van der Waals surface area contributed by atoms with E-state index in [1.54, 1.807) is 36.4 Å². The third-order valence-corrected chi connectivity index (χ3v) is 8.71. The normalized spacial score (nSPS) is 13.1. The molecule has 1 aromatic heterocycles. The topological polar surface area (TPSA) is 209 Å². The Hall–Kier alpha value is -7.08. The first-order valence-electron chi connectivity index (χ1n) is 17.4. The summed E-state index contributed by atoms with van der Waals surface area (Å²) in [5.74, 6) is -5.07. The van der Waals surface area contributed by atoms with Crippen molar-refractivity contribution in [3.05, 3.63) is 125 Å². The number of carbonyl (C=O) groups is 4. The van der Waals surface area contributed by atoms with Crippen molar-refractivity contribution in [3.63, 3.8) is 0 Å². The largest absolute Gasteiger partial charge is 0.477 e. The van der Waals surface area contributed by atoms with E-state index in [1.165, 1.54) is 24.3 Å². The molecule has 1 aliphatic carbocycles. The molecule has 1 saturated carbocycles. The fourth-order valence-electron chi connectivity index (χ4n) is 5.35. The van der Waals surface area contributed by atoms with E-state index in [2.05, 4.69) is 46.5 Å². The number of hydrogen-bond acceptors (Lipinski definition) is 11. The molecule has 0 atom stereocenters. The van der Waals surface area contributed by atoms with Crippen molar-refractivity contribution in [2.45, 2.75) is 31.1 Å². The zero-order valence-corrected chi connectivity index (χ0v) is 30.9. The number of halogens is 4.